The van der Waals surface area contributed by atoms with E-state index < -0.39 is 0 Å². The molecule has 0 bridgehead atoms. The van der Waals surface area contributed by atoms with E-state index in [2.05, 4.69) is 29.3 Å². The highest BCUT2D eigenvalue weighted by molar-refractivity contribution is 5.91. The van der Waals surface area contributed by atoms with Crippen molar-refractivity contribution in [2.24, 2.45) is 0 Å². The predicted octanol–water partition coefficient (Wildman–Crippen LogP) is 3.95. The molecule has 1 fully saturated rings. The summed E-state index contributed by atoms with van der Waals surface area (Å²) in [5, 5.41) is 7.82. The van der Waals surface area contributed by atoms with Gasteiger partial charge in [-0.2, -0.15) is 5.10 Å². The topological polar surface area (TPSA) is 59.4 Å². The van der Waals surface area contributed by atoms with Gasteiger partial charge in [-0.25, -0.2) is 0 Å². The lowest BCUT2D eigenvalue weighted by atomic mass is 10.0. The van der Waals surface area contributed by atoms with Crippen molar-refractivity contribution in [2.45, 2.75) is 27.3 Å². The molecule has 2 aromatic carbocycles. The van der Waals surface area contributed by atoms with Gasteiger partial charge in [-0.05, 0) is 49.1 Å². The molecule has 156 valence electrons. The summed E-state index contributed by atoms with van der Waals surface area (Å²) >= 11 is 0. The van der Waals surface area contributed by atoms with Crippen molar-refractivity contribution < 1.29 is 9.53 Å². The van der Waals surface area contributed by atoms with E-state index in [0.717, 1.165) is 46.8 Å². The number of anilines is 2. The molecule has 1 aliphatic rings. The standard InChI is InChI=1S/C24H28N4O2/c1-17-8-9-19(3)22(14-17)25-23(29)16-28-15-21(20-7-5-4-6-18(20)2)24(26-28)27-10-12-30-13-11-27/h4-9,14-15H,10-13,16H2,1-3H3,(H,25,29). The molecule has 0 unspecified atom stereocenters. The Kier molecular flexibility index (Phi) is 5.86. The molecule has 4 rings (SSSR count). The van der Waals surface area contributed by atoms with E-state index in [1.807, 2.05) is 50.4 Å². The highest BCUT2D eigenvalue weighted by Crippen LogP contribution is 2.32. The fraction of sp³-hybridized carbons (Fsp3) is 0.333. The van der Waals surface area contributed by atoms with Gasteiger partial charge in [0.05, 0.1) is 13.2 Å². The third-order valence-electron chi connectivity index (χ3n) is 5.46. The third kappa shape index (κ3) is 4.39. The van der Waals surface area contributed by atoms with Gasteiger partial charge in [0.25, 0.3) is 0 Å². The smallest absolute Gasteiger partial charge is 0.246 e. The molecule has 0 aliphatic carbocycles. The lowest BCUT2D eigenvalue weighted by Crippen LogP contribution is -2.37. The summed E-state index contributed by atoms with van der Waals surface area (Å²) in [6.45, 7) is 9.25. The Bertz CT molecular complexity index is 1050. The van der Waals surface area contributed by atoms with Gasteiger partial charge in [-0.1, -0.05) is 36.4 Å². The van der Waals surface area contributed by atoms with Gasteiger partial charge in [0.1, 0.15) is 6.54 Å². The van der Waals surface area contributed by atoms with Crippen molar-refractivity contribution in [2.75, 3.05) is 36.5 Å². The van der Waals surface area contributed by atoms with E-state index >= 15 is 0 Å². The SMILES string of the molecule is Cc1ccc(C)c(NC(=O)Cn2cc(-c3ccccc3C)c(N3CCOCC3)n2)c1. The molecule has 1 aromatic heterocycles. The Morgan fingerprint density at radius 1 is 1.03 bits per heavy atom. The molecule has 1 saturated heterocycles. The first-order valence-electron chi connectivity index (χ1n) is 10.3. The minimum Gasteiger partial charge on any atom is -0.378 e. The van der Waals surface area contributed by atoms with Crippen molar-refractivity contribution in [3.05, 3.63) is 65.4 Å². The second-order valence-electron chi connectivity index (χ2n) is 7.84. The molecule has 0 spiro atoms. The molecule has 0 atom stereocenters. The summed E-state index contributed by atoms with van der Waals surface area (Å²) in [6, 6.07) is 14.3. The number of aryl methyl sites for hydroxylation is 3. The highest BCUT2D eigenvalue weighted by atomic mass is 16.5. The van der Waals surface area contributed by atoms with Crippen LogP contribution in [0.25, 0.3) is 11.1 Å². The van der Waals surface area contributed by atoms with E-state index in [0.29, 0.717) is 13.2 Å². The fourth-order valence-electron chi connectivity index (χ4n) is 3.77. The van der Waals surface area contributed by atoms with Crippen molar-refractivity contribution >= 4 is 17.4 Å². The number of rotatable bonds is 5. The zero-order chi connectivity index (χ0) is 21.1. The maximum Gasteiger partial charge on any atom is 0.246 e. The highest BCUT2D eigenvalue weighted by Gasteiger charge is 2.21. The maximum atomic E-state index is 12.7. The van der Waals surface area contributed by atoms with Crippen molar-refractivity contribution in [3.8, 4) is 11.1 Å². The van der Waals surface area contributed by atoms with Crippen LogP contribution in [0.4, 0.5) is 11.5 Å². The van der Waals surface area contributed by atoms with E-state index in [1.54, 1.807) is 4.68 Å². The minimum absolute atomic E-state index is 0.0870. The number of hydrogen-bond acceptors (Lipinski definition) is 4. The quantitative estimate of drug-likeness (QED) is 0.700. The Morgan fingerprint density at radius 3 is 2.57 bits per heavy atom. The number of amides is 1. The molecular weight excluding hydrogens is 376 g/mol. The van der Waals surface area contributed by atoms with Gasteiger partial charge in [-0.3, -0.25) is 9.48 Å². The van der Waals surface area contributed by atoms with E-state index in [9.17, 15) is 4.79 Å². The number of carbonyl (C=O) groups is 1. The molecule has 30 heavy (non-hydrogen) atoms. The van der Waals surface area contributed by atoms with Gasteiger partial charge in [0, 0.05) is 30.5 Å². The van der Waals surface area contributed by atoms with Crippen LogP contribution < -0.4 is 10.2 Å². The van der Waals surface area contributed by atoms with Crippen LogP contribution in [0.2, 0.25) is 0 Å². The number of ether oxygens (including phenoxy) is 1. The van der Waals surface area contributed by atoms with Crippen LogP contribution in [0.15, 0.2) is 48.7 Å². The predicted molar refractivity (Wildman–Crippen MR) is 120 cm³/mol. The molecular formula is C24H28N4O2. The Labute approximate surface area is 177 Å². The minimum atomic E-state index is -0.0870. The monoisotopic (exact) mass is 404 g/mol. The summed E-state index contributed by atoms with van der Waals surface area (Å²) in [6.07, 6.45) is 1.98. The molecule has 1 aliphatic heterocycles. The molecule has 6 heteroatoms. The summed E-state index contributed by atoms with van der Waals surface area (Å²) in [5.41, 5.74) is 6.39. The third-order valence-corrected chi connectivity index (χ3v) is 5.46. The number of carbonyl (C=O) groups excluding carboxylic acids is 1. The number of nitrogens with one attached hydrogen (secondary N) is 1. The summed E-state index contributed by atoms with van der Waals surface area (Å²) < 4.78 is 7.25. The van der Waals surface area contributed by atoms with Crippen LogP contribution >= 0.6 is 0 Å². The molecule has 3 aromatic rings. The molecule has 6 nitrogen and oxygen atoms in total. The normalized spacial score (nSPS) is 14.0. The van der Waals surface area contributed by atoms with E-state index in [4.69, 9.17) is 9.84 Å². The molecule has 0 saturated carbocycles. The second-order valence-corrected chi connectivity index (χ2v) is 7.84. The first-order valence-corrected chi connectivity index (χ1v) is 10.3. The summed E-state index contributed by atoms with van der Waals surface area (Å²) in [5.74, 6) is 0.822. The van der Waals surface area contributed by atoms with Crippen LogP contribution in [-0.4, -0.2) is 42.0 Å². The molecule has 1 amide bonds. The van der Waals surface area contributed by atoms with Gasteiger partial charge < -0.3 is 15.0 Å². The zero-order valence-electron chi connectivity index (χ0n) is 17.8. The van der Waals surface area contributed by atoms with Crippen molar-refractivity contribution in [3.63, 3.8) is 0 Å². The molecule has 0 radical (unpaired) electrons. The number of hydrogen-bond donors (Lipinski definition) is 1. The Hall–Kier alpha value is -3.12. The fourth-order valence-corrected chi connectivity index (χ4v) is 3.77. The average molecular weight is 405 g/mol. The van der Waals surface area contributed by atoms with Crippen LogP contribution in [0.1, 0.15) is 16.7 Å². The summed E-state index contributed by atoms with van der Waals surface area (Å²) in [4.78, 5) is 15.0. The largest absolute Gasteiger partial charge is 0.378 e. The van der Waals surface area contributed by atoms with E-state index in [-0.39, 0.29) is 12.5 Å². The van der Waals surface area contributed by atoms with Gasteiger partial charge >= 0.3 is 0 Å². The average Bonchev–Trinajstić information content (AvgIpc) is 3.15. The van der Waals surface area contributed by atoms with Crippen molar-refractivity contribution in [1.29, 1.82) is 0 Å². The summed E-state index contributed by atoms with van der Waals surface area (Å²) in [7, 11) is 0. The van der Waals surface area contributed by atoms with Crippen LogP contribution in [0.5, 0.6) is 0 Å². The van der Waals surface area contributed by atoms with Crippen LogP contribution in [-0.2, 0) is 16.1 Å². The molecule has 1 N–H and O–H groups in total. The Balaban J connectivity index is 1.61. The van der Waals surface area contributed by atoms with Crippen molar-refractivity contribution in [1.82, 2.24) is 9.78 Å². The van der Waals surface area contributed by atoms with E-state index in [1.165, 1.54) is 5.56 Å². The zero-order valence-corrected chi connectivity index (χ0v) is 17.8. The number of morpholine rings is 1. The number of nitrogens with zero attached hydrogens (tertiary/aromatic N) is 3. The maximum absolute atomic E-state index is 12.7. The van der Waals surface area contributed by atoms with Gasteiger partial charge in [-0.15, -0.1) is 0 Å². The molecule has 2 heterocycles. The first-order chi connectivity index (χ1) is 14.5. The van der Waals surface area contributed by atoms with Gasteiger partial charge in [0.15, 0.2) is 5.82 Å². The Morgan fingerprint density at radius 2 is 1.80 bits per heavy atom. The van der Waals surface area contributed by atoms with Crippen LogP contribution in [0, 0.1) is 20.8 Å². The number of benzene rings is 2. The lowest BCUT2D eigenvalue weighted by molar-refractivity contribution is -0.116. The second kappa shape index (κ2) is 8.71. The van der Waals surface area contributed by atoms with Crippen LogP contribution in [0.3, 0.4) is 0 Å². The van der Waals surface area contributed by atoms with Gasteiger partial charge in [0.2, 0.25) is 5.91 Å². The number of aromatic nitrogens is 2. The lowest BCUT2D eigenvalue weighted by Gasteiger charge is -2.27. The first kappa shape index (κ1) is 20.2.